The average Bonchev–Trinajstić information content (AvgIpc) is 2.30. The minimum atomic E-state index is 0.245. The lowest BCUT2D eigenvalue weighted by molar-refractivity contribution is 0.218. The molecular weight excluding hydrogens is 228 g/mol. The number of ether oxygens (including phenoxy) is 1. The van der Waals surface area contributed by atoms with Crippen molar-refractivity contribution in [3.63, 3.8) is 0 Å². The zero-order valence-corrected chi connectivity index (χ0v) is 10.4. The highest BCUT2D eigenvalue weighted by atomic mass is 35.5. The Bertz CT molecular complexity index is 331. The maximum atomic E-state index is 5.89. The Morgan fingerprint density at radius 3 is 2.69 bits per heavy atom. The molecule has 0 amide bonds. The maximum absolute atomic E-state index is 5.89. The lowest BCUT2D eigenvalue weighted by Crippen LogP contribution is -2.28. The van der Waals surface area contributed by atoms with Crippen LogP contribution < -0.4 is 10.5 Å². The smallest absolute Gasteiger partial charge is 0.237 e. The van der Waals surface area contributed by atoms with E-state index in [1.54, 1.807) is 0 Å². The second kappa shape index (κ2) is 6.50. The van der Waals surface area contributed by atoms with Crippen molar-refractivity contribution in [1.29, 1.82) is 0 Å². The van der Waals surface area contributed by atoms with Crippen molar-refractivity contribution in [1.82, 2.24) is 14.9 Å². The molecule has 0 aliphatic heterocycles. The van der Waals surface area contributed by atoms with E-state index >= 15 is 0 Å². The predicted molar refractivity (Wildman–Crippen MR) is 64.7 cm³/mol. The Labute approximate surface area is 101 Å². The fourth-order valence-electron chi connectivity index (χ4n) is 1.28. The number of likely N-dealkylation sites (N-methyl/N-ethyl adjacent to an activating group) is 1. The topological polar surface area (TPSA) is 64.3 Å². The molecule has 0 bridgehead atoms. The van der Waals surface area contributed by atoms with Crippen molar-refractivity contribution in [3.8, 4) is 5.88 Å². The van der Waals surface area contributed by atoms with Gasteiger partial charge in [-0.25, -0.2) is 9.97 Å². The molecule has 0 saturated carbocycles. The number of anilines is 1. The highest BCUT2D eigenvalue weighted by Gasteiger charge is 2.07. The molecule has 5 nitrogen and oxygen atoms in total. The number of halogens is 1. The molecule has 0 aromatic carbocycles. The van der Waals surface area contributed by atoms with Crippen LogP contribution in [0.4, 0.5) is 5.82 Å². The van der Waals surface area contributed by atoms with E-state index in [1.807, 2.05) is 0 Å². The van der Waals surface area contributed by atoms with Gasteiger partial charge in [-0.3, -0.25) is 0 Å². The van der Waals surface area contributed by atoms with Crippen LogP contribution in [0.5, 0.6) is 5.88 Å². The van der Waals surface area contributed by atoms with E-state index in [2.05, 4.69) is 28.7 Å². The van der Waals surface area contributed by atoms with Crippen molar-refractivity contribution >= 4 is 17.4 Å². The second-order valence-corrected chi connectivity index (χ2v) is 3.63. The molecule has 1 aromatic rings. The molecule has 90 valence electrons. The summed E-state index contributed by atoms with van der Waals surface area (Å²) in [6, 6.07) is 0. The van der Waals surface area contributed by atoms with Gasteiger partial charge < -0.3 is 15.4 Å². The molecule has 0 aliphatic rings. The van der Waals surface area contributed by atoms with Gasteiger partial charge in [0.2, 0.25) is 5.88 Å². The highest BCUT2D eigenvalue weighted by molar-refractivity contribution is 6.33. The number of nitrogens with two attached hydrogens (primary N) is 1. The van der Waals surface area contributed by atoms with Gasteiger partial charge in [0.1, 0.15) is 23.8 Å². The van der Waals surface area contributed by atoms with Gasteiger partial charge >= 0.3 is 0 Å². The van der Waals surface area contributed by atoms with Crippen LogP contribution in [0.2, 0.25) is 5.02 Å². The lowest BCUT2D eigenvalue weighted by Gasteiger charge is -2.17. The van der Waals surface area contributed by atoms with E-state index < -0.39 is 0 Å². The van der Waals surface area contributed by atoms with Crippen LogP contribution in [0.25, 0.3) is 0 Å². The number of hydrogen-bond acceptors (Lipinski definition) is 5. The molecule has 0 saturated heterocycles. The summed E-state index contributed by atoms with van der Waals surface area (Å²) in [5.74, 6) is 0.593. The first-order valence-electron chi connectivity index (χ1n) is 5.30. The fraction of sp³-hybridized carbons (Fsp3) is 0.600. The van der Waals surface area contributed by atoms with Gasteiger partial charge in [-0.15, -0.1) is 0 Å². The predicted octanol–water partition coefficient (Wildman–Crippen LogP) is 1.43. The monoisotopic (exact) mass is 244 g/mol. The standard InChI is InChI=1S/C10H17ClN4O/c1-3-15(4-2)5-6-16-10-8(11)9(12)13-7-14-10/h7H,3-6H2,1-2H3,(H2,12,13,14). The third-order valence-corrected chi connectivity index (χ3v) is 2.68. The fourth-order valence-corrected chi connectivity index (χ4v) is 1.43. The summed E-state index contributed by atoms with van der Waals surface area (Å²) in [7, 11) is 0. The van der Waals surface area contributed by atoms with Gasteiger partial charge in [-0.2, -0.15) is 0 Å². The van der Waals surface area contributed by atoms with E-state index in [0.29, 0.717) is 12.5 Å². The van der Waals surface area contributed by atoms with Crippen molar-refractivity contribution in [2.75, 3.05) is 32.0 Å². The van der Waals surface area contributed by atoms with Gasteiger partial charge in [0.15, 0.2) is 0 Å². The quantitative estimate of drug-likeness (QED) is 0.820. The summed E-state index contributed by atoms with van der Waals surface area (Å²) in [4.78, 5) is 9.93. The SMILES string of the molecule is CCN(CC)CCOc1ncnc(N)c1Cl. The first-order valence-corrected chi connectivity index (χ1v) is 5.67. The molecular formula is C10H17ClN4O. The van der Waals surface area contributed by atoms with Crippen LogP contribution in [0.15, 0.2) is 6.33 Å². The van der Waals surface area contributed by atoms with E-state index in [4.69, 9.17) is 22.1 Å². The minimum absolute atomic E-state index is 0.245. The summed E-state index contributed by atoms with van der Waals surface area (Å²) in [5, 5.41) is 0.280. The Morgan fingerprint density at radius 2 is 2.06 bits per heavy atom. The molecule has 0 spiro atoms. The Hall–Kier alpha value is -1.07. The summed E-state index contributed by atoms with van der Waals surface area (Å²) < 4.78 is 5.45. The van der Waals surface area contributed by atoms with Gasteiger partial charge in [-0.1, -0.05) is 25.4 Å². The molecule has 0 radical (unpaired) electrons. The number of nitrogens with zero attached hydrogens (tertiary/aromatic N) is 3. The van der Waals surface area contributed by atoms with Gasteiger partial charge in [0.05, 0.1) is 0 Å². The third-order valence-electron chi connectivity index (χ3n) is 2.33. The second-order valence-electron chi connectivity index (χ2n) is 3.25. The number of aromatic nitrogens is 2. The van der Waals surface area contributed by atoms with Crippen LogP contribution in [0.1, 0.15) is 13.8 Å². The van der Waals surface area contributed by atoms with Crippen LogP contribution >= 0.6 is 11.6 Å². The van der Waals surface area contributed by atoms with E-state index in [0.717, 1.165) is 19.6 Å². The van der Waals surface area contributed by atoms with Crippen molar-refractivity contribution < 1.29 is 4.74 Å². The maximum Gasteiger partial charge on any atom is 0.237 e. The molecule has 6 heteroatoms. The van der Waals surface area contributed by atoms with Crippen LogP contribution in [0.3, 0.4) is 0 Å². The molecule has 0 atom stereocenters. The number of rotatable bonds is 6. The molecule has 1 heterocycles. The zero-order chi connectivity index (χ0) is 12.0. The normalized spacial score (nSPS) is 10.8. The molecule has 1 rings (SSSR count). The molecule has 0 fully saturated rings. The number of hydrogen-bond donors (Lipinski definition) is 1. The first kappa shape index (κ1) is 13.0. The van der Waals surface area contributed by atoms with Crippen LogP contribution in [0, 0.1) is 0 Å². The summed E-state index contributed by atoms with van der Waals surface area (Å²) in [6.07, 6.45) is 1.34. The summed E-state index contributed by atoms with van der Waals surface area (Å²) in [5.41, 5.74) is 5.53. The molecule has 0 unspecified atom stereocenters. The zero-order valence-electron chi connectivity index (χ0n) is 9.61. The minimum Gasteiger partial charge on any atom is -0.475 e. The third kappa shape index (κ3) is 3.50. The van der Waals surface area contributed by atoms with Crippen molar-refractivity contribution in [2.24, 2.45) is 0 Å². The summed E-state index contributed by atoms with van der Waals surface area (Å²) in [6.45, 7) is 7.60. The molecule has 2 N–H and O–H groups in total. The Balaban J connectivity index is 2.46. The molecule has 1 aromatic heterocycles. The highest BCUT2D eigenvalue weighted by Crippen LogP contribution is 2.25. The van der Waals surface area contributed by atoms with E-state index in [9.17, 15) is 0 Å². The van der Waals surface area contributed by atoms with Gasteiger partial charge in [-0.05, 0) is 13.1 Å². The average molecular weight is 245 g/mol. The lowest BCUT2D eigenvalue weighted by atomic mass is 10.5. The Morgan fingerprint density at radius 1 is 1.38 bits per heavy atom. The number of nitrogen functional groups attached to an aromatic ring is 1. The van der Waals surface area contributed by atoms with Crippen molar-refractivity contribution in [3.05, 3.63) is 11.3 Å². The van der Waals surface area contributed by atoms with E-state index in [-0.39, 0.29) is 10.8 Å². The first-order chi connectivity index (χ1) is 7.69. The molecule has 0 aliphatic carbocycles. The van der Waals surface area contributed by atoms with Crippen molar-refractivity contribution in [2.45, 2.75) is 13.8 Å². The van der Waals surface area contributed by atoms with Crippen LogP contribution in [-0.4, -0.2) is 41.1 Å². The largest absolute Gasteiger partial charge is 0.475 e. The summed E-state index contributed by atoms with van der Waals surface area (Å²) >= 11 is 5.89. The molecule has 16 heavy (non-hydrogen) atoms. The Kier molecular flexibility index (Phi) is 5.28. The van der Waals surface area contributed by atoms with Gasteiger partial charge in [0, 0.05) is 6.54 Å². The van der Waals surface area contributed by atoms with E-state index in [1.165, 1.54) is 6.33 Å². The van der Waals surface area contributed by atoms with Gasteiger partial charge in [0.25, 0.3) is 0 Å². The van der Waals surface area contributed by atoms with Crippen LogP contribution in [-0.2, 0) is 0 Å².